The van der Waals surface area contributed by atoms with E-state index in [9.17, 15) is 4.79 Å². The largest absolute Gasteiger partial charge is 0.400 e. The Bertz CT molecular complexity index is 904. The van der Waals surface area contributed by atoms with Gasteiger partial charge in [-0.2, -0.15) is 5.10 Å². The molecule has 9 heteroatoms. The minimum Gasteiger partial charge on any atom is -0.400 e. The number of pyridine rings is 1. The van der Waals surface area contributed by atoms with Crippen LogP contribution in [0.5, 0.6) is 0 Å². The number of hydrogen-bond donors (Lipinski definition) is 3. The van der Waals surface area contributed by atoms with Crippen LogP contribution in [0.1, 0.15) is 18.1 Å². The number of halogens is 2. The van der Waals surface area contributed by atoms with Gasteiger partial charge in [0.1, 0.15) is 0 Å². The maximum atomic E-state index is 11.1. The molecular weight excluding hydrogens is 458 g/mol. The standard InChI is InChI=1S/C11H15BrN2O.C8H6ClN3.CH4O/c1-7-4-10(12)5-9(6-13-3)11(7)14-8(2)15;9-7-3-1-4-10-8(7)12-6-2-5-11-12;1-2/h4-5,13H,6H2,1-3H3,(H,14,15);1-6H;2H,1H3. The highest BCUT2D eigenvalue weighted by molar-refractivity contribution is 9.10. The summed E-state index contributed by atoms with van der Waals surface area (Å²) in [5, 5.41) is 17.5. The molecule has 3 N–H and O–H groups in total. The molecule has 0 saturated carbocycles. The Morgan fingerprint density at radius 2 is 2.00 bits per heavy atom. The third kappa shape index (κ3) is 7.94. The Kier molecular flexibility index (Phi) is 11.2. The molecule has 3 rings (SSSR count). The molecule has 0 radical (unpaired) electrons. The number of carbonyl (C=O) groups is 1. The summed E-state index contributed by atoms with van der Waals surface area (Å²) >= 11 is 9.34. The fraction of sp³-hybridized carbons (Fsp3) is 0.250. The lowest BCUT2D eigenvalue weighted by molar-refractivity contribution is -0.114. The molecule has 1 amide bonds. The second kappa shape index (κ2) is 13.1. The lowest BCUT2D eigenvalue weighted by Gasteiger charge is -2.13. The first-order valence-electron chi connectivity index (χ1n) is 8.68. The first-order chi connectivity index (χ1) is 13.9. The minimum atomic E-state index is -0.0437. The second-order valence-electron chi connectivity index (χ2n) is 5.73. The van der Waals surface area contributed by atoms with Crippen molar-refractivity contribution in [1.82, 2.24) is 20.1 Å². The number of carbonyl (C=O) groups excluding carboxylic acids is 1. The number of aromatic nitrogens is 3. The van der Waals surface area contributed by atoms with E-state index in [0.29, 0.717) is 10.8 Å². The van der Waals surface area contributed by atoms with Crippen LogP contribution in [0.25, 0.3) is 5.82 Å². The van der Waals surface area contributed by atoms with E-state index in [2.05, 4.69) is 36.6 Å². The maximum absolute atomic E-state index is 11.1. The molecule has 0 aliphatic heterocycles. The van der Waals surface area contributed by atoms with Crippen molar-refractivity contribution < 1.29 is 9.90 Å². The van der Waals surface area contributed by atoms with E-state index < -0.39 is 0 Å². The third-order valence-corrected chi connectivity index (χ3v) is 4.26. The molecule has 2 heterocycles. The Labute approximate surface area is 184 Å². The number of anilines is 1. The van der Waals surface area contributed by atoms with Crippen molar-refractivity contribution >= 4 is 39.1 Å². The first kappa shape index (κ1) is 24.8. The smallest absolute Gasteiger partial charge is 0.221 e. The molecule has 0 fully saturated rings. The van der Waals surface area contributed by atoms with E-state index in [4.69, 9.17) is 16.7 Å². The second-order valence-corrected chi connectivity index (χ2v) is 7.05. The van der Waals surface area contributed by atoms with Crippen LogP contribution in [0.2, 0.25) is 5.02 Å². The number of hydrogen-bond acceptors (Lipinski definition) is 5. The summed E-state index contributed by atoms with van der Waals surface area (Å²) in [7, 11) is 2.88. The molecule has 0 bridgehead atoms. The van der Waals surface area contributed by atoms with Gasteiger partial charge in [0.05, 0.1) is 5.02 Å². The van der Waals surface area contributed by atoms with Crippen molar-refractivity contribution in [1.29, 1.82) is 0 Å². The van der Waals surface area contributed by atoms with Crippen LogP contribution < -0.4 is 10.6 Å². The molecule has 0 unspecified atom stereocenters. The van der Waals surface area contributed by atoms with Gasteiger partial charge in [0.15, 0.2) is 5.82 Å². The number of nitrogens with one attached hydrogen (secondary N) is 2. The Morgan fingerprint density at radius 1 is 1.28 bits per heavy atom. The van der Waals surface area contributed by atoms with Gasteiger partial charge in [-0.3, -0.25) is 4.79 Å². The molecule has 29 heavy (non-hydrogen) atoms. The van der Waals surface area contributed by atoms with E-state index in [1.807, 2.05) is 32.2 Å². The zero-order valence-electron chi connectivity index (χ0n) is 16.8. The number of aryl methyl sites for hydroxylation is 1. The van der Waals surface area contributed by atoms with E-state index in [0.717, 1.165) is 34.9 Å². The number of aliphatic hydroxyl groups excluding tert-OH is 1. The highest BCUT2D eigenvalue weighted by atomic mass is 79.9. The van der Waals surface area contributed by atoms with Gasteiger partial charge in [0.25, 0.3) is 0 Å². The fourth-order valence-corrected chi connectivity index (χ4v) is 3.27. The van der Waals surface area contributed by atoms with Crippen molar-refractivity contribution in [3.05, 3.63) is 69.5 Å². The van der Waals surface area contributed by atoms with Gasteiger partial charge in [-0.1, -0.05) is 27.5 Å². The Morgan fingerprint density at radius 3 is 2.55 bits per heavy atom. The Balaban J connectivity index is 0.000000272. The van der Waals surface area contributed by atoms with Gasteiger partial charge in [-0.15, -0.1) is 0 Å². The SMILES string of the molecule is CNCc1cc(Br)cc(C)c1NC(C)=O.CO.Clc1cccnc1-n1cccn1. The zero-order valence-corrected chi connectivity index (χ0v) is 19.1. The Hall–Kier alpha value is -2.26. The third-order valence-electron chi connectivity index (χ3n) is 3.51. The van der Waals surface area contributed by atoms with Crippen LogP contribution in [0.15, 0.2) is 53.4 Å². The number of amides is 1. The van der Waals surface area contributed by atoms with Crippen LogP contribution >= 0.6 is 27.5 Å². The van der Waals surface area contributed by atoms with Crippen molar-refractivity contribution in [3.8, 4) is 5.82 Å². The van der Waals surface area contributed by atoms with Crippen molar-refractivity contribution in [2.24, 2.45) is 0 Å². The van der Waals surface area contributed by atoms with Gasteiger partial charge in [-0.25, -0.2) is 9.67 Å². The number of nitrogens with zero attached hydrogens (tertiary/aromatic N) is 3. The molecule has 0 aliphatic rings. The summed E-state index contributed by atoms with van der Waals surface area (Å²) < 4.78 is 2.65. The van der Waals surface area contributed by atoms with Gasteiger partial charge >= 0.3 is 0 Å². The molecule has 0 saturated heterocycles. The minimum absolute atomic E-state index is 0.0437. The van der Waals surface area contributed by atoms with Crippen LogP contribution in [0.4, 0.5) is 5.69 Å². The lowest BCUT2D eigenvalue weighted by atomic mass is 10.1. The molecule has 3 aromatic rings. The highest BCUT2D eigenvalue weighted by Crippen LogP contribution is 2.25. The molecule has 0 aliphatic carbocycles. The van der Waals surface area contributed by atoms with Gasteiger partial charge < -0.3 is 15.7 Å². The monoisotopic (exact) mass is 481 g/mol. The van der Waals surface area contributed by atoms with E-state index in [1.165, 1.54) is 6.92 Å². The predicted molar refractivity (Wildman–Crippen MR) is 120 cm³/mol. The van der Waals surface area contributed by atoms with Crippen molar-refractivity contribution in [3.63, 3.8) is 0 Å². The van der Waals surface area contributed by atoms with E-state index in [1.54, 1.807) is 35.4 Å². The van der Waals surface area contributed by atoms with Crippen LogP contribution in [-0.2, 0) is 11.3 Å². The molecular formula is C20H25BrClN5O2. The van der Waals surface area contributed by atoms with Gasteiger partial charge in [0.2, 0.25) is 5.91 Å². The first-order valence-corrected chi connectivity index (χ1v) is 9.86. The predicted octanol–water partition coefficient (Wildman–Crippen LogP) is 3.96. The summed E-state index contributed by atoms with van der Waals surface area (Å²) in [6.07, 6.45) is 5.17. The van der Waals surface area contributed by atoms with E-state index in [-0.39, 0.29) is 5.91 Å². The summed E-state index contributed by atoms with van der Waals surface area (Å²) in [5.74, 6) is 0.613. The molecule has 0 spiro atoms. The quantitative estimate of drug-likeness (QED) is 0.523. The number of benzene rings is 1. The molecule has 7 nitrogen and oxygen atoms in total. The van der Waals surface area contributed by atoms with E-state index >= 15 is 0 Å². The lowest BCUT2D eigenvalue weighted by Crippen LogP contribution is -2.13. The molecule has 156 valence electrons. The van der Waals surface area contributed by atoms with Crippen LogP contribution in [-0.4, -0.2) is 39.9 Å². The van der Waals surface area contributed by atoms with Crippen LogP contribution in [0, 0.1) is 6.92 Å². The van der Waals surface area contributed by atoms with Crippen LogP contribution in [0.3, 0.4) is 0 Å². The zero-order chi connectivity index (χ0) is 21.8. The summed E-state index contributed by atoms with van der Waals surface area (Å²) in [6.45, 7) is 4.23. The summed E-state index contributed by atoms with van der Waals surface area (Å²) in [4.78, 5) is 15.2. The highest BCUT2D eigenvalue weighted by Gasteiger charge is 2.08. The van der Waals surface area contributed by atoms with Gasteiger partial charge in [-0.05, 0) is 55.4 Å². The summed E-state index contributed by atoms with van der Waals surface area (Å²) in [6, 6.07) is 9.39. The van der Waals surface area contributed by atoms with Crippen molar-refractivity contribution in [2.45, 2.75) is 20.4 Å². The summed E-state index contributed by atoms with van der Waals surface area (Å²) in [5.41, 5.74) is 3.05. The topological polar surface area (TPSA) is 92.1 Å². The molecule has 1 aromatic carbocycles. The fourth-order valence-electron chi connectivity index (χ4n) is 2.44. The average molecular weight is 483 g/mol. The number of aliphatic hydroxyl groups is 1. The normalized spacial score (nSPS) is 9.62. The number of rotatable bonds is 4. The maximum Gasteiger partial charge on any atom is 0.221 e. The molecule has 2 aromatic heterocycles. The van der Waals surface area contributed by atoms with Crippen molar-refractivity contribution in [2.75, 3.05) is 19.5 Å². The average Bonchev–Trinajstić information content (AvgIpc) is 3.22. The van der Waals surface area contributed by atoms with Gasteiger partial charge in [0, 0.05) is 49.3 Å². The molecule has 0 atom stereocenters.